The van der Waals surface area contributed by atoms with Crippen LogP contribution in [0, 0.1) is 5.82 Å². The Kier molecular flexibility index (Phi) is 4.81. The summed E-state index contributed by atoms with van der Waals surface area (Å²) < 4.78 is 18.5. The molecule has 2 aromatic rings. The Balaban J connectivity index is 2.21. The summed E-state index contributed by atoms with van der Waals surface area (Å²) in [6, 6.07) is 12.3. The number of ether oxygens (including phenoxy) is 1. The second kappa shape index (κ2) is 6.59. The third-order valence-electron chi connectivity index (χ3n) is 3.43. The van der Waals surface area contributed by atoms with E-state index in [0.29, 0.717) is 12.1 Å². The molecule has 1 N–H and O–H groups in total. The monoisotopic (exact) mass is 289 g/mol. The third kappa shape index (κ3) is 3.73. The Morgan fingerprint density at radius 3 is 2.43 bits per heavy atom. The van der Waals surface area contributed by atoms with Crippen molar-refractivity contribution in [3.8, 4) is 5.75 Å². The minimum absolute atomic E-state index is 0.340. The molecule has 3 nitrogen and oxygen atoms in total. The molecule has 2 rings (SSSR count). The van der Waals surface area contributed by atoms with Crippen LogP contribution in [-0.2, 0) is 6.54 Å². The fourth-order valence-electron chi connectivity index (χ4n) is 2.30. The number of halogens is 1. The van der Waals surface area contributed by atoms with Gasteiger partial charge in [0.2, 0.25) is 0 Å². The van der Waals surface area contributed by atoms with E-state index in [1.807, 2.05) is 36.2 Å². The van der Waals surface area contributed by atoms with Gasteiger partial charge in [-0.1, -0.05) is 12.1 Å². The first-order valence-corrected chi connectivity index (χ1v) is 6.83. The first-order valence-electron chi connectivity index (χ1n) is 6.83. The van der Waals surface area contributed by atoms with E-state index in [1.165, 1.54) is 12.1 Å². The van der Waals surface area contributed by atoms with Crippen molar-refractivity contribution in [3.63, 3.8) is 0 Å². The topological polar surface area (TPSA) is 32.7 Å². The van der Waals surface area contributed by atoms with Crippen LogP contribution >= 0.6 is 0 Å². The maximum absolute atomic E-state index is 13.3. The fourth-order valence-corrected chi connectivity index (χ4v) is 2.30. The summed E-state index contributed by atoms with van der Waals surface area (Å²) in [5, 5.41) is 9.80. The molecule has 0 saturated carbocycles. The lowest BCUT2D eigenvalue weighted by Gasteiger charge is -2.24. The summed E-state index contributed by atoms with van der Waals surface area (Å²) in [6.45, 7) is 2.30. The molecule has 0 heterocycles. The second-order valence-corrected chi connectivity index (χ2v) is 5.08. The number of rotatable bonds is 5. The van der Waals surface area contributed by atoms with Crippen molar-refractivity contribution in [1.29, 1.82) is 0 Å². The summed E-state index contributed by atoms with van der Waals surface area (Å²) in [4.78, 5) is 1.99. The van der Waals surface area contributed by atoms with Gasteiger partial charge in [0.05, 0.1) is 13.2 Å². The van der Waals surface area contributed by atoms with E-state index in [-0.39, 0.29) is 5.82 Å². The van der Waals surface area contributed by atoms with Crippen LogP contribution in [0.1, 0.15) is 24.2 Å². The average molecular weight is 289 g/mol. The van der Waals surface area contributed by atoms with Gasteiger partial charge in [0.25, 0.3) is 0 Å². The molecule has 0 fully saturated rings. The number of benzene rings is 2. The van der Waals surface area contributed by atoms with Crippen LogP contribution in [0.25, 0.3) is 0 Å². The largest absolute Gasteiger partial charge is 0.497 e. The number of hydrogen-bond donors (Lipinski definition) is 1. The van der Waals surface area contributed by atoms with E-state index in [9.17, 15) is 9.50 Å². The SMILES string of the molecule is COc1ccc(CN(C)c2ccc(F)cc2C(C)O)cc1. The molecule has 4 heteroatoms. The van der Waals surface area contributed by atoms with Crippen molar-refractivity contribution in [2.75, 3.05) is 19.1 Å². The van der Waals surface area contributed by atoms with Gasteiger partial charge in [0.1, 0.15) is 11.6 Å². The zero-order valence-corrected chi connectivity index (χ0v) is 12.5. The van der Waals surface area contributed by atoms with Gasteiger partial charge in [-0.25, -0.2) is 4.39 Å². The van der Waals surface area contributed by atoms with Gasteiger partial charge in [0, 0.05) is 24.8 Å². The van der Waals surface area contributed by atoms with E-state index >= 15 is 0 Å². The summed E-state index contributed by atoms with van der Waals surface area (Å²) in [6.07, 6.45) is -0.714. The number of methoxy groups -OCH3 is 1. The van der Waals surface area contributed by atoms with Crippen molar-refractivity contribution in [3.05, 3.63) is 59.4 Å². The second-order valence-electron chi connectivity index (χ2n) is 5.08. The molecule has 0 radical (unpaired) electrons. The molecule has 2 aromatic carbocycles. The molecule has 0 saturated heterocycles. The summed E-state index contributed by atoms with van der Waals surface area (Å²) >= 11 is 0. The molecule has 0 spiro atoms. The first kappa shape index (κ1) is 15.3. The van der Waals surface area contributed by atoms with Crippen molar-refractivity contribution in [2.24, 2.45) is 0 Å². The highest BCUT2D eigenvalue weighted by molar-refractivity contribution is 5.54. The highest BCUT2D eigenvalue weighted by atomic mass is 19.1. The van der Waals surface area contributed by atoms with Crippen molar-refractivity contribution < 1.29 is 14.2 Å². The molecular weight excluding hydrogens is 269 g/mol. The number of anilines is 1. The van der Waals surface area contributed by atoms with Gasteiger partial charge in [-0.2, -0.15) is 0 Å². The Bertz CT molecular complexity index is 596. The molecule has 0 aromatic heterocycles. The van der Waals surface area contributed by atoms with Crippen molar-refractivity contribution in [2.45, 2.75) is 19.6 Å². The molecule has 0 aliphatic carbocycles. The minimum Gasteiger partial charge on any atom is -0.497 e. The summed E-state index contributed by atoms with van der Waals surface area (Å²) in [5.74, 6) is 0.473. The number of nitrogens with zero attached hydrogens (tertiary/aromatic N) is 1. The lowest BCUT2D eigenvalue weighted by atomic mass is 10.1. The van der Waals surface area contributed by atoms with Gasteiger partial charge in [-0.3, -0.25) is 0 Å². The highest BCUT2D eigenvalue weighted by Gasteiger charge is 2.13. The fraction of sp³-hybridized carbons (Fsp3) is 0.294. The standard InChI is InChI=1S/C17H20FNO2/c1-12(20)16-10-14(18)6-9-17(16)19(2)11-13-4-7-15(21-3)8-5-13/h4-10,12,20H,11H2,1-3H3. The maximum Gasteiger partial charge on any atom is 0.123 e. The normalized spacial score (nSPS) is 12.0. The zero-order valence-electron chi connectivity index (χ0n) is 12.5. The lowest BCUT2D eigenvalue weighted by Crippen LogP contribution is -2.18. The summed E-state index contributed by atoms with van der Waals surface area (Å²) in [5.41, 5.74) is 2.52. The van der Waals surface area contributed by atoms with Crippen LogP contribution in [0.3, 0.4) is 0 Å². The van der Waals surface area contributed by atoms with Gasteiger partial charge in [0.15, 0.2) is 0 Å². The highest BCUT2D eigenvalue weighted by Crippen LogP contribution is 2.27. The van der Waals surface area contributed by atoms with Gasteiger partial charge in [-0.05, 0) is 42.8 Å². The quantitative estimate of drug-likeness (QED) is 0.914. The summed E-state index contributed by atoms with van der Waals surface area (Å²) in [7, 11) is 3.55. The van der Waals surface area contributed by atoms with E-state index < -0.39 is 6.10 Å². The van der Waals surface area contributed by atoms with Gasteiger partial charge < -0.3 is 14.7 Å². The maximum atomic E-state index is 13.3. The molecule has 0 amide bonds. The first-order chi connectivity index (χ1) is 10.0. The van der Waals surface area contributed by atoms with Crippen LogP contribution < -0.4 is 9.64 Å². The van der Waals surface area contributed by atoms with Crippen LogP contribution in [0.4, 0.5) is 10.1 Å². The number of aliphatic hydroxyl groups excluding tert-OH is 1. The van der Waals surface area contributed by atoms with E-state index in [4.69, 9.17) is 4.74 Å². The van der Waals surface area contributed by atoms with Gasteiger partial charge >= 0.3 is 0 Å². The lowest BCUT2D eigenvalue weighted by molar-refractivity contribution is 0.199. The van der Waals surface area contributed by atoms with E-state index in [2.05, 4.69) is 0 Å². The van der Waals surface area contributed by atoms with Gasteiger partial charge in [-0.15, -0.1) is 0 Å². The number of aliphatic hydroxyl groups is 1. The Labute approximate surface area is 124 Å². The van der Waals surface area contributed by atoms with Crippen LogP contribution in [0.15, 0.2) is 42.5 Å². The molecule has 21 heavy (non-hydrogen) atoms. The molecule has 1 unspecified atom stereocenters. The van der Waals surface area contributed by atoms with Crippen LogP contribution in [-0.4, -0.2) is 19.3 Å². The molecule has 0 bridgehead atoms. The van der Waals surface area contributed by atoms with Crippen LogP contribution in [0.5, 0.6) is 5.75 Å². The van der Waals surface area contributed by atoms with Crippen LogP contribution in [0.2, 0.25) is 0 Å². The Hall–Kier alpha value is -2.07. The molecule has 0 aliphatic rings. The Morgan fingerprint density at radius 2 is 1.86 bits per heavy atom. The van der Waals surface area contributed by atoms with Crippen molar-refractivity contribution >= 4 is 5.69 Å². The predicted octanol–water partition coefficient (Wildman–Crippen LogP) is 3.52. The van der Waals surface area contributed by atoms with E-state index in [1.54, 1.807) is 20.1 Å². The van der Waals surface area contributed by atoms with Crippen molar-refractivity contribution in [1.82, 2.24) is 0 Å². The zero-order chi connectivity index (χ0) is 15.4. The molecule has 0 aliphatic heterocycles. The van der Waals surface area contributed by atoms with E-state index in [0.717, 1.165) is 17.0 Å². The predicted molar refractivity (Wildman–Crippen MR) is 82.1 cm³/mol. The average Bonchev–Trinajstić information content (AvgIpc) is 2.47. The molecule has 112 valence electrons. The number of hydrogen-bond acceptors (Lipinski definition) is 3. The third-order valence-corrected chi connectivity index (χ3v) is 3.43. The molecule has 1 atom stereocenters. The smallest absolute Gasteiger partial charge is 0.123 e. The minimum atomic E-state index is -0.714. The Morgan fingerprint density at radius 1 is 1.19 bits per heavy atom. The molecular formula is C17H20FNO2.